The Labute approximate surface area is 110 Å². The molecule has 0 spiro atoms. The second kappa shape index (κ2) is 5.75. The smallest absolute Gasteiger partial charge is 0.142 e. The molecule has 0 atom stereocenters. The predicted octanol–water partition coefficient (Wildman–Crippen LogP) is 2.88. The number of aromatic nitrogens is 1. The van der Waals surface area contributed by atoms with Crippen LogP contribution in [0.1, 0.15) is 12.5 Å². The number of benzene rings is 1. The van der Waals surface area contributed by atoms with Gasteiger partial charge < -0.3 is 10.5 Å². The van der Waals surface area contributed by atoms with E-state index in [1.54, 1.807) is 6.07 Å². The van der Waals surface area contributed by atoms with Gasteiger partial charge in [-0.05, 0) is 25.1 Å². The number of nitrogens with two attached hydrogens (primary N) is 1. The summed E-state index contributed by atoms with van der Waals surface area (Å²) in [6.45, 7) is 2.63. The van der Waals surface area contributed by atoms with Crippen LogP contribution in [-0.2, 0) is 6.54 Å². The lowest BCUT2D eigenvalue weighted by molar-refractivity contribution is 0.335. The Balaban J connectivity index is 2.45. The monoisotopic (exact) mass is 264 g/mol. The van der Waals surface area contributed by atoms with Gasteiger partial charge in [-0.25, -0.2) is 8.78 Å². The maximum absolute atomic E-state index is 13.2. The first-order chi connectivity index (χ1) is 9.13. The SMILES string of the molecule is CCOc1cnc(-c2cc(F)cc(F)c2)cc1CN. The molecule has 0 aliphatic heterocycles. The molecule has 0 saturated heterocycles. The molecule has 0 fully saturated rings. The highest BCUT2D eigenvalue weighted by molar-refractivity contribution is 5.61. The predicted molar refractivity (Wildman–Crippen MR) is 68.6 cm³/mol. The van der Waals surface area contributed by atoms with Crippen LogP contribution in [0.15, 0.2) is 30.5 Å². The molecule has 100 valence electrons. The van der Waals surface area contributed by atoms with E-state index in [4.69, 9.17) is 10.5 Å². The Morgan fingerprint density at radius 2 is 1.84 bits per heavy atom. The summed E-state index contributed by atoms with van der Waals surface area (Å²) in [4.78, 5) is 4.14. The van der Waals surface area contributed by atoms with Crippen molar-refractivity contribution in [2.75, 3.05) is 6.61 Å². The third-order valence-electron chi connectivity index (χ3n) is 2.63. The summed E-state index contributed by atoms with van der Waals surface area (Å²) >= 11 is 0. The molecule has 0 radical (unpaired) electrons. The second-order valence-corrected chi connectivity index (χ2v) is 3.97. The minimum absolute atomic E-state index is 0.267. The molecule has 0 aliphatic carbocycles. The molecule has 19 heavy (non-hydrogen) atoms. The molecule has 0 bridgehead atoms. The van der Waals surface area contributed by atoms with E-state index in [-0.39, 0.29) is 6.54 Å². The van der Waals surface area contributed by atoms with Crippen molar-refractivity contribution in [3.63, 3.8) is 0 Å². The molecule has 5 heteroatoms. The van der Waals surface area contributed by atoms with E-state index in [1.165, 1.54) is 18.3 Å². The minimum Gasteiger partial charge on any atom is -0.492 e. The van der Waals surface area contributed by atoms with Gasteiger partial charge in [0.1, 0.15) is 17.4 Å². The first-order valence-corrected chi connectivity index (χ1v) is 5.92. The molecule has 2 N–H and O–H groups in total. The van der Waals surface area contributed by atoms with Crippen LogP contribution in [0, 0.1) is 11.6 Å². The first kappa shape index (κ1) is 13.4. The van der Waals surface area contributed by atoms with Gasteiger partial charge in [0.25, 0.3) is 0 Å². The summed E-state index contributed by atoms with van der Waals surface area (Å²) in [5.74, 6) is -0.689. The summed E-state index contributed by atoms with van der Waals surface area (Å²) in [5, 5.41) is 0. The lowest BCUT2D eigenvalue weighted by Crippen LogP contribution is -2.03. The zero-order valence-corrected chi connectivity index (χ0v) is 10.5. The van der Waals surface area contributed by atoms with Crippen molar-refractivity contribution in [1.29, 1.82) is 0 Å². The highest BCUT2D eigenvalue weighted by Crippen LogP contribution is 2.25. The van der Waals surface area contributed by atoms with Gasteiger partial charge >= 0.3 is 0 Å². The van der Waals surface area contributed by atoms with Crippen molar-refractivity contribution in [2.45, 2.75) is 13.5 Å². The van der Waals surface area contributed by atoms with Crippen LogP contribution in [0.4, 0.5) is 8.78 Å². The number of hydrogen-bond donors (Lipinski definition) is 1. The minimum atomic E-state index is -0.639. The van der Waals surface area contributed by atoms with E-state index in [2.05, 4.69) is 4.98 Å². The number of nitrogens with zero attached hydrogens (tertiary/aromatic N) is 1. The quantitative estimate of drug-likeness (QED) is 0.923. The molecule has 0 amide bonds. The second-order valence-electron chi connectivity index (χ2n) is 3.97. The van der Waals surface area contributed by atoms with Crippen LogP contribution < -0.4 is 10.5 Å². The molecule has 2 aromatic rings. The summed E-state index contributed by atoms with van der Waals surface area (Å²) in [6, 6.07) is 4.96. The molecule has 1 heterocycles. The fraction of sp³-hybridized carbons (Fsp3) is 0.214. The highest BCUT2D eigenvalue weighted by Gasteiger charge is 2.09. The largest absolute Gasteiger partial charge is 0.492 e. The molecular formula is C14H14F2N2O. The normalized spacial score (nSPS) is 10.5. The number of ether oxygens (including phenoxy) is 1. The van der Waals surface area contributed by atoms with Gasteiger partial charge in [-0.2, -0.15) is 0 Å². The summed E-state index contributed by atoms with van der Waals surface area (Å²) in [7, 11) is 0. The maximum atomic E-state index is 13.2. The van der Waals surface area contributed by atoms with Crippen molar-refractivity contribution in [2.24, 2.45) is 5.73 Å². The Morgan fingerprint density at radius 3 is 2.42 bits per heavy atom. The average Bonchev–Trinajstić information content (AvgIpc) is 2.38. The van der Waals surface area contributed by atoms with Gasteiger partial charge in [-0.15, -0.1) is 0 Å². The van der Waals surface area contributed by atoms with Crippen molar-refractivity contribution in [3.05, 3.63) is 47.7 Å². The van der Waals surface area contributed by atoms with Crippen LogP contribution in [0.25, 0.3) is 11.3 Å². The lowest BCUT2D eigenvalue weighted by atomic mass is 10.1. The van der Waals surface area contributed by atoms with Crippen molar-refractivity contribution in [3.8, 4) is 17.0 Å². The fourth-order valence-corrected chi connectivity index (χ4v) is 1.79. The van der Waals surface area contributed by atoms with Crippen LogP contribution in [0.3, 0.4) is 0 Å². The molecule has 0 aliphatic rings. The van der Waals surface area contributed by atoms with Crippen LogP contribution in [0.2, 0.25) is 0 Å². The fourth-order valence-electron chi connectivity index (χ4n) is 1.79. The van der Waals surface area contributed by atoms with E-state index in [0.717, 1.165) is 11.6 Å². The van der Waals surface area contributed by atoms with Crippen LogP contribution in [-0.4, -0.2) is 11.6 Å². The molecular weight excluding hydrogens is 250 g/mol. The number of hydrogen-bond acceptors (Lipinski definition) is 3. The number of pyridine rings is 1. The standard InChI is InChI=1S/C14H14F2N2O/c1-2-19-14-8-18-13(5-10(14)7-17)9-3-11(15)6-12(16)4-9/h3-6,8H,2,7,17H2,1H3. The molecule has 1 aromatic heterocycles. The van der Waals surface area contributed by atoms with E-state index >= 15 is 0 Å². The van der Waals surface area contributed by atoms with E-state index in [9.17, 15) is 8.78 Å². The van der Waals surface area contributed by atoms with Gasteiger partial charge in [-0.3, -0.25) is 4.98 Å². The zero-order valence-electron chi connectivity index (χ0n) is 10.5. The lowest BCUT2D eigenvalue weighted by Gasteiger charge is -2.10. The summed E-state index contributed by atoms with van der Waals surface area (Å²) in [6.07, 6.45) is 1.52. The molecule has 0 unspecified atom stereocenters. The maximum Gasteiger partial charge on any atom is 0.142 e. The van der Waals surface area contributed by atoms with E-state index < -0.39 is 11.6 Å². The van der Waals surface area contributed by atoms with Gasteiger partial charge in [0.2, 0.25) is 0 Å². The average molecular weight is 264 g/mol. The van der Waals surface area contributed by atoms with Crippen molar-refractivity contribution >= 4 is 0 Å². The Hall–Kier alpha value is -2.01. The number of halogens is 2. The van der Waals surface area contributed by atoms with Crippen molar-refractivity contribution < 1.29 is 13.5 Å². The number of rotatable bonds is 4. The van der Waals surface area contributed by atoms with Crippen LogP contribution in [0.5, 0.6) is 5.75 Å². The Bertz CT molecular complexity index is 567. The van der Waals surface area contributed by atoms with E-state index in [1.807, 2.05) is 6.92 Å². The Kier molecular flexibility index (Phi) is 4.06. The molecule has 0 saturated carbocycles. The molecule has 1 aromatic carbocycles. The van der Waals surface area contributed by atoms with Crippen LogP contribution >= 0.6 is 0 Å². The molecule has 2 rings (SSSR count). The van der Waals surface area contributed by atoms with E-state index in [0.29, 0.717) is 23.6 Å². The zero-order chi connectivity index (χ0) is 13.8. The summed E-state index contributed by atoms with van der Waals surface area (Å²) < 4.78 is 31.7. The topological polar surface area (TPSA) is 48.1 Å². The molecule has 3 nitrogen and oxygen atoms in total. The highest BCUT2D eigenvalue weighted by atomic mass is 19.1. The van der Waals surface area contributed by atoms with Gasteiger partial charge in [-0.1, -0.05) is 0 Å². The van der Waals surface area contributed by atoms with Gasteiger partial charge in [0.05, 0.1) is 18.5 Å². The summed E-state index contributed by atoms with van der Waals surface area (Å²) in [5.41, 5.74) is 7.21. The third kappa shape index (κ3) is 3.06. The Morgan fingerprint density at radius 1 is 1.16 bits per heavy atom. The first-order valence-electron chi connectivity index (χ1n) is 5.92. The third-order valence-corrected chi connectivity index (χ3v) is 2.63. The van der Waals surface area contributed by atoms with Gasteiger partial charge in [0.15, 0.2) is 0 Å². The van der Waals surface area contributed by atoms with Crippen molar-refractivity contribution in [1.82, 2.24) is 4.98 Å². The van der Waals surface area contributed by atoms with Gasteiger partial charge in [0, 0.05) is 23.7 Å².